The molecule has 0 aliphatic carbocycles. The lowest BCUT2D eigenvalue weighted by atomic mass is 10.0. The van der Waals surface area contributed by atoms with E-state index in [2.05, 4.69) is 126 Å². The van der Waals surface area contributed by atoms with Crippen molar-refractivity contribution in [3.63, 3.8) is 0 Å². The molecule has 0 aliphatic rings. The van der Waals surface area contributed by atoms with Gasteiger partial charge in [0.2, 0.25) is 0 Å². The molecule has 0 spiro atoms. The van der Waals surface area contributed by atoms with Gasteiger partial charge in [0.05, 0.1) is 16.7 Å². The Labute approximate surface area is 300 Å². The second-order valence-electron chi connectivity index (χ2n) is 12.8. The summed E-state index contributed by atoms with van der Waals surface area (Å²) >= 11 is 3.71. The van der Waals surface area contributed by atoms with Gasteiger partial charge in [-0.2, -0.15) is 0 Å². The molecule has 0 N–H and O–H groups in total. The number of aromatic nitrogens is 4. The van der Waals surface area contributed by atoms with Gasteiger partial charge in [-0.25, -0.2) is 15.0 Å². The van der Waals surface area contributed by atoms with Crippen LogP contribution in [0.25, 0.3) is 102 Å². The lowest BCUT2D eigenvalue weighted by Gasteiger charge is -2.10. The van der Waals surface area contributed by atoms with Crippen LogP contribution in [0.15, 0.2) is 158 Å². The van der Waals surface area contributed by atoms with Crippen LogP contribution in [0.5, 0.6) is 0 Å². The highest BCUT2D eigenvalue weighted by molar-refractivity contribution is 7.30. The Kier molecular flexibility index (Phi) is 6.26. The van der Waals surface area contributed by atoms with Crippen molar-refractivity contribution in [3.8, 4) is 39.9 Å². The molecule has 238 valence electrons. The minimum absolute atomic E-state index is 0.666. The lowest BCUT2D eigenvalue weighted by Crippen LogP contribution is -2.00. The smallest absolute Gasteiger partial charge is 0.164 e. The topological polar surface area (TPSA) is 43.6 Å². The maximum absolute atomic E-state index is 5.15. The van der Waals surface area contributed by atoms with Crippen molar-refractivity contribution in [2.75, 3.05) is 0 Å². The van der Waals surface area contributed by atoms with E-state index in [-0.39, 0.29) is 0 Å². The van der Waals surface area contributed by atoms with Crippen LogP contribution in [0.4, 0.5) is 0 Å². The Balaban J connectivity index is 1.21. The molecule has 0 radical (unpaired) electrons. The average molecular weight is 687 g/mol. The molecule has 7 aromatic carbocycles. The third-order valence-electron chi connectivity index (χ3n) is 9.86. The highest BCUT2D eigenvalue weighted by Crippen LogP contribution is 2.48. The third kappa shape index (κ3) is 4.34. The summed E-state index contributed by atoms with van der Waals surface area (Å²) in [4.78, 5) is 15.3. The number of benzene rings is 7. The molecular weight excluding hydrogens is 661 g/mol. The average Bonchev–Trinajstić information content (AvgIpc) is 3.88. The zero-order valence-corrected chi connectivity index (χ0v) is 28.7. The van der Waals surface area contributed by atoms with Gasteiger partial charge < -0.3 is 4.57 Å². The summed E-state index contributed by atoms with van der Waals surface area (Å²) in [6, 6.07) is 55.8. The van der Waals surface area contributed by atoms with E-state index in [1.165, 1.54) is 67.8 Å². The van der Waals surface area contributed by atoms with Crippen molar-refractivity contribution < 1.29 is 0 Å². The van der Waals surface area contributed by atoms with Gasteiger partial charge in [0.15, 0.2) is 17.5 Å². The first kappa shape index (κ1) is 28.6. The number of nitrogens with zero attached hydrogens (tertiary/aromatic N) is 4. The van der Waals surface area contributed by atoms with Crippen molar-refractivity contribution in [2.24, 2.45) is 0 Å². The van der Waals surface area contributed by atoms with Crippen LogP contribution in [0.1, 0.15) is 0 Å². The second kappa shape index (κ2) is 11.2. The normalized spacial score (nSPS) is 11.9. The zero-order chi connectivity index (χ0) is 33.5. The maximum Gasteiger partial charge on any atom is 0.164 e. The molecule has 0 unspecified atom stereocenters. The van der Waals surface area contributed by atoms with Gasteiger partial charge in [0.25, 0.3) is 0 Å². The maximum atomic E-state index is 5.15. The molecule has 0 saturated carbocycles. The Morgan fingerprint density at radius 2 is 0.922 bits per heavy atom. The number of hydrogen-bond donors (Lipinski definition) is 0. The van der Waals surface area contributed by atoms with E-state index >= 15 is 0 Å². The first-order chi connectivity index (χ1) is 25.3. The van der Waals surface area contributed by atoms with Crippen LogP contribution in [0.2, 0.25) is 0 Å². The molecule has 0 fully saturated rings. The zero-order valence-electron chi connectivity index (χ0n) is 27.1. The monoisotopic (exact) mass is 686 g/mol. The van der Waals surface area contributed by atoms with Crippen molar-refractivity contribution in [1.82, 2.24) is 19.5 Å². The van der Waals surface area contributed by atoms with E-state index in [9.17, 15) is 0 Å². The van der Waals surface area contributed by atoms with E-state index in [0.717, 1.165) is 16.7 Å². The number of para-hydroxylation sites is 2. The number of thiophene rings is 2. The van der Waals surface area contributed by atoms with Gasteiger partial charge >= 0.3 is 0 Å². The summed E-state index contributed by atoms with van der Waals surface area (Å²) in [6.45, 7) is 0. The molecule has 0 saturated heterocycles. The standard InChI is InChI=1S/C45H26N4S2/c1-3-13-27(14-4-1)43-46-44(28-15-5-2-6-16-28)48-45(47-43)32-19-11-23-37-40(32)41-38(50-37)26-25-31-39-35(22-12-24-36(39)51-42(31)41)49-33-20-9-7-17-29(33)30-18-8-10-21-34(30)49/h1-26H. The minimum atomic E-state index is 0.666. The molecule has 11 rings (SSSR count). The van der Waals surface area contributed by atoms with Crippen LogP contribution in [0.3, 0.4) is 0 Å². The van der Waals surface area contributed by atoms with E-state index in [4.69, 9.17) is 15.0 Å². The van der Waals surface area contributed by atoms with Gasteiger partial charge in [-0.1, -0.05) is 121 Å². The molecule has 6 heteroatoms. The summed E-state index contributed by atoms with van der Waals surface area (Å²) in [5, 5.41) is 7.53. The Morgan fingerprint density at radius 1 is 0.373 bits per heavy atom. The quantitative estimate of drug-likeness (QED) is 0.185. The van der Waals surface area contributed by atoms with Crippen LogP contribution >= 0.6 is 22.7 Å². The molecule has 0 atom stereocenters. The predicted octanol–water partition coefficient (Wildman–Crippen LogP) is 12.7. The van der Waals surface area contributed by atoms with Crippen LogP contribution < -0.4 is 0 Å². The number of rotatable bonds is 4. The summed E-state index contributed by atoms with van der Waals surface area (Å²) in [5.41, 5.74) is 6.58. The van der Waals surface area contributed by atoms with Crippen molar-refractivity contribution in [2.45, 2.75) is 0 Å². The van der Waals surface area contributed by atoms with Crippen LogP contribution in [-0.2, 0) is 0 Å². The molecule has 4 nitrogen and oxygen atoms in total. The summed E-state index contributed by atoms with van der Waals surface area (Å²) < 4.78 is 7.48. The summed E-state index contributed by atoms with van der Waals surface area (Å²) in [5.74, 6) is 2.01. The van der Waals surface area contributed by atoms with Crippen LogP contribution in [-0.4, -0.2) is 19.5 Å². The number of hydrogen-bond acceptors (Lipinski definition) is 5. The fraction of sp³-hybridized carbons (Fsp3) is 0. The summed E-state index contributed by atoms with van der Waals surface area (Å²) in [7, 11) is 0. The highest BCUT2D eigenvalue weighted by Gasteiger charge is 2.22. The Bertz CT molecular complexity index is 3030. The van der Waals surface area contributed by atoms with Crippen molar-refractivity contribution in [1.29, 1.82) is 0 Å². The second-order valence-corrected chi connectivity index (χ2v) is 14.9. The van der Waals surface area contributed by atoms with Crippen molar-refractivity contribution in [3.05, 3.63) is 158 Å². The lowest BCUT2D eigenvalue weighted by molar-refractivity contribution is 1.08. The molecule has 51 heavy (non-hydrogen) atoms. The van der Waals surface area contributed by atoms with E-state index in [0.29, 0.717) is 17.5 Å². The van der Waals surface area contributed by atoms with Gasteiger partial charge in [-0.3, -0.25) is 0 Å². The SMILES string of the molecule is c1ccc(-c2nc(-c3ccccc3)nc(-c3cccc4sc5ccc6c(sc7cccc(-n8c9ccccc9c9ccccc98)c76)c5c34)n2)cc1. The molecule has 0 amide bonds. The van der Waals surface area contributed by atoms with Gasteiger partial charge in [-0.05, 0) is 36.4 Å². The fourth-order valence-corrected chi connectivity index (χ4v) is 10.1. The van der Waals surface area contributed by atoms with Gasteiger partial charge in [-0.15, -0.1) is 22.7 Å². The summed E-state index contributed by atoms with van der Waals surface area (Å²) in [6.07, 6.45) is 0. The predicted molar refractivity (Wildman–Crippen MR) is 216 cm³/mol. The Hall–Kier alpha value is -6.21. The highest BCUT2D eigenvalue weighted by atomic mass is 32.1. The first-order valence-electron chi connectivity index (χ1n) is 17.0. The minimum Gasteiger partial charge on any atom is -0.309 e. The molecule has 0 bridgehead atoms. The third-order valence-corrected chi connectivity index (χ3v) is 12.2. The van der Waals surface area contributed by atoms with Gasteiger partial charge in [0, 0.05) is 67.8 Å². The molecule has 4 heterocycles. The van der Waals surface area contributed by atoms with E-state index < -0.39 is 0 Å². The first-order valence-corrected chi connectivity index (χ1v) is 18.6. The van der Waals surface area contributed by atoms with E-state index in [1.807, 2.05) is 59.1 Å². The van der Waals surface area contributed by atoms with Crippen LogP contribution in [0, 0.1) is 0 Å². The van der Waals surface area contributed by atoms with E-state index in [1.54, 1.807) is 0 Å². The molecule has 4 aromatic heterocycles. The largest absolute Gasteiger partial charge is 0.309 e. The molecule has 11 aromatic rings. The number of fused-ring (bicyclic) bond motifs is 10. The van der Waals surface area contributed by atoms with Gasteiger partial charge in [0.1, 0.15) is 0 Å². The Morgan fingerprint density at radius 3 is 1.59 bits per heavy atom. The fourth-order valence-electron chi connectivity index (χ4n) is 7.65. The molecule has 0 aliphatic heterocycles. The van der Waals surface area contributed by atoms with Crippen molar-refractivity contribution >= 4 is 84.8 Å². The molecular formula is C45H26N4S2.